The smallest absolute Gasteiger partial charge is 0.251 e. The molecule has 0 saturated heterocycles. The lowest BCUT2D eigenvalue weighted by atomic mass is 10.2. The molecule has 0 aromatic carbocycles. The van der Waals surface area contributed by atoms with Crippen LogP contribution in [0.3, 0.4) is 0 Å². The van der Waals surface area contributed by atoms with E-state index in [1.807, 2.05) is 0 Å². The van der Waals surface area contributed by atoms with Crippen LogP contribution in [0.1, 0.15) is 16.2 Å². The molecule has 7 nitrogen and oxygen atoms in total. The Labute approximate surface area is 102 Å². The molecule has 0 spiro atoms. The summed E-state index contributed by atoms with van der Waals surface area (Å²) in [4.78, 5) is 26.9. The number of hydrogen-bond donors (Lipinski definition) is 1. The van der Waals surface area contributed by atoms with Gasteiger partial charge in [0.1, 0.15) is 0 Å². The van der Waals surface area contributed by atoms with E-state index in [0.717, 1.165) is 0 Å². The van der Waals surface area contributed by atoms with Crippen LogP contribution in [0.2, 0.25) is 0 Å². The van der Waals surface area contributed by atoms with Gasteiger partial charge < -0.3 is 14.4 Å². The van der Waals surface area contributed by atoms with Crippen LogP contribution in [0.4, 0.5) is 0 Å². The van der Waals surface area contributed by atoms with Gasteiger partial charge in [0, 0.05) is 37.8 Å². The highest BCUT2D eigenvalue weighted by atomic mass is 16.5. The number of carbonyl (C=O) groups excluding carboxylic acids is 1. The van der Waals surface area contributed by atoms with Crippen molar-refractivity contribution in [1.29, 1.82) is 0 Å². The fraction of sp³-hybridized carbons (Fsp3) is 0.273. The average molecular weight is 248 g/mol. The van der Waals surface area contributed by atoms with Crippen molar-refractivity contribution in [2.24, 2.45) is 7.05 Å². The fourth-order valence-corrected chi connectivity index (χ4v) is 1.38. The Bertz CT molecular complexity index is 589. The topological polar surface area (TPSA) is 90.0 Å². The highest BCUT2D eigenvalue weighted by Gasteiger charge is 2.07. The zero-order valence-electron chi connectivity index (χ0n) is 9.79. The molecule has 0 atom stereocenters. The molecule has 1 N–H and O–H groups in total. The molecule has 0 aliphatic rings. The zero-order chi connectivity index (χ0) is 13.0. The molecule has 0 saturated carbocycles. The number of carbonyl (C=O) groups is 1. The first kappa shape index (κ1) is 12.0. The molecule has 2 rings (SSSR count). The predicted octanol–water partition coefficient (Wildman–Crippen LogP) is -0.259. The van der Waals surface area contributed by atoms with Gasteiger partial charge in [0.2, 0.25) is 5.89 Å². The highest BCUT2D eigenvalue weighted by molar-refractivity contribution is 5.93. The van der Waals surface area contributed by atoms with Gasteiger partial charge in [0.15, 0.2) is 6.33 Å². The summed E-state index contributed by atoms with van der Waals surface area (Å²) in [6, 6.07) is 2.88. The number of hydrogen-bond acceptors (Lipinski definition) is 5. The van der Waals surface area contributed by atoms with Gasteiger partial charge in [-0.05, 0) is 6.07 Å². The van der Waals surface area contributed by atoms with Crippen LogP contribution in [-0.4, -0.2) is 27.2 Å². The number of rotatable bonds is 4. The van der Waals surface area contributed by atoms with Crippen molar-refractivity contribution in [1.82, 2.24) is 20.0 Å². The summed E-state index contributed by atoms with van der Waals surface area (Å²) in [5.74, 6) is 0.159. The summed E-state index contributed by atoms with van der Waals surface area (Å²) < 4.78 is 6.19. The van der Waals surface area contributed by atoms with E-state index >= 15 is 0 Å². The van der Waals surface area contributed by atoms with Crippen LogP contribution < -0.4 is 10.9 Å². The van der Waals surface area contributed by atoms with Crippen LogP contribution in [0.25, 0.3) is 0 Å². The number of aromatic nitrogens is 3. The van der Waals surface area contributed by atoms with E-state index in [-0.39, 0.29) is 11.5 Å². The summed E-state index contributed by atoms with van der Waals surface area (Å²) in [6.07, 6.45) is 3.31. The summed E-state index contributed by atoms with van der Waals surface area (Å²) in [7, 11) is 1.62. The molecule has 0 radical (unpaired) electrons. The first-order chi connectivity index (χ1) is 8.66. The largest absolute Gasteiger partial charge is 0.352 e. The Hall–Kier alpha value is -2.44. The molecule has 2 aromatic heterocycles. The normalized spacial score (nSPS) is 10.3. The quantitative estimate of drug-likeness (QED) is 0.805. The lowest BCUT2D eigenvalue weighted by Crippen LogP contribution is -2.27. The van der Waals surface area contributed by atoms with Crippen molar-refractivity contribution in [3.8, 4) is 0 Å². The van der Waals surface area contributed by atoms with Crippen molar-refractivity contribution >= 4 is 5.91 Å². The lowest BCUT2D eigenvalue weighted by molar-refractivity contribution is 0.0953. The van der Waals surface area contributed by atoms with E-state index in [2.05, 4.69) is 15.5 Å². The first-order valence-corrected chi connectivity index (χ1v) is 5.37. The minimum Gasteiger partial charge on any atom is -0.352 e. The second-order valence-electron chi connectivity index (χ2n) is 3.71. The third kappa shape index (κ3) is 2.82. The van der Waals surface area contributed by atoms with E-state index in [1.54, 1.807) is 19.3 Å². The molecule has 0 bridgehead atoms. The van der Waals surface area contributed by atoms with E-state index < -0.39 is 0 Å². The standard InChI is InChI=1S/C11H12N4O3/c1-15-5-3-8(6-10(15)16)11(17)12-4-2-9-13-7-14-18-9/h3,5-7H,2,4H2,1H3,(H,12,17). The van der Waals surface area contributed by atoms with Gasteiger partial charge in [-0.1, -0.05) is 5.16 Å². The molecule has 2 heterocycles. The number of amides is 1. The van der Waals surface area contributed by atoms with Gasteiger partial charge in [-0.2, -0.15) is 4.98 Å². The van der Waals surface area contributed by atoms with Crippen LogP contribution >= 0.6 is 0 Å². The van der Waals surface area contributed by atoms with E-state index in [4.69, 9.17) is 4.52 Å². The molecule has 0 fully saturated rings. The van der Waals surface area contributed by atoms with Crippen molar-refractivity contribution in [3.63, 3.8) is 0 Å². The van der Waals surface area contributed by atoms with Crippen molar-refractivity contribution < 1.29 is 9.32 Å². The molecule has 2 aromatic rings. The average Bonchev–Trinajstić information content (AvgIpc) is 2.85. The Morgan fingerprint density at radius 2 is 2.39 bits per heavy atom. The number of aryl methyl sites for hydroxylation is 1. The molecule has 0 aliphatic carbocycles. The van der Waals surface area contributed by atoms with E-state index in [9.17, 15) is 9.59 Å². The molecule has 94 valence electrons. The zero-order valence-corrected chi connectivity index (χ0v) is 9.79. The molecule has 18 heavy (non-hydrogen) atoms. The van der Waals surface area contributed by atoms with E-state index in [0.29, 0.717) is 24.4 Å². The van der Waals surface area contributed by atoms with Crippen LogP contribution in [0.15, 0.2) is 34.0 Å². The van der Waals surface area contributed by atoms with Crippen molar-refractivity contribution in [2.45, 2.75) is 6.42 Å². The summed E-state index contributed by atoms with van der Waals surface area (Å²) in [5.41, 5.74) is 0.114. The summed E-state index contributed by atoms with van der Waals surface area (Å²) in [6.45, 7) is 0.371. The monoisotopic (exact) mass is 248 g/mol. The predicted molar refractivity (Wildman–Crippen MR) is 62.0 cm³/mol. The third-order valence-electron chi connectivity index (χ3n) is 2.40. The van der Waals surface area contributed by atoms with Crippen LogP contribution in [0.5, 0.6) is 0 Å². The highest BCUT2D eigenvalue weighted by Crippen LogP contribution is 1.95. The molecular weight excluding hydrogens is 236 g/mol. The Balaban J connectivity index is 1.91. The molecule has 7 heteroatoms. The van der Waals surface area contributed by atoms with Gasteiger partial charge in [-0.25, -0.2) is 0 Å². The third-order valence-corrected chi connectivity index (χ3v) is 2.40. The number of nitrogens with zero attached hydrogens (tertiary/aromatic N) is 3. The van der Waals surface area contributed by atoms with Gasteiger partial charge in [0.05, 0.1) is 0 Å². The van der Waals surface area contributed by atoms with Gasteiger partial charge in [-0.3, -0.25) is 9.59 Å². The van der Waals surface area contributed by atoms with Gasteiger partial charge in [-0.15, -0.1) is 0 Å². The minimum absolute atomic E-state index is 0.223. The Morgan fingerprint density at radius 3 is 3.06 bits per heavy atom. The van der Waals surface area contributed by atoms with Crippen LogP contribution in [-0.2, 0) is 13.5 Å². The fourth-order valence-electron chi connectivity index (χ4n) is 1.38. The summed E-state index contributed by atoms with van der Waals surface area (Å²) >= 11 is 0. The Kier molecular flexibility index (Phi) is 3.52. The number of nitrogens with one attached hydrogen (secondary N) is 1. The summed E-state index contributed by atoms with van der Waals surface area (Å²) in [5, 5.41) is 6.13. The molecular formula is C11H12N4O3. The SMILES string of the molecule is Cn1ccc(C(=O)NCCc2ncno2)cc1=O. The van der Waals surface area contributed by atoms with Gasteiger partial charge >= 0.3 is 0 Å². The second-order valence-corrected chi connectivity index (χ2v) is 3.71. The maximum absolute atomic E-state index is 11.7. The number of pyridine rings is 1. The minimum atomic E-state index is -0.299. The van der Waals surface area contributed by atoms with Crippen molar-refractivity contribution in [2.75, 3.05) is 6.54 Å². The van der Waals surface area contributed by atoms with Crippen molar-refractivity contribution in [3.05, 3.63) is 46.5 Å². The maximum Gasteiger partial charge on any atom is 0.251 e. The lowest BCUT2D eigenvalue weighted by Gasteiger charge is -2.04. The second kappa shape index (κ2) is 5.26. The van der Waals surface area contributed by atoms with Gasteiger partial charge in [0.25, 0.3) is 11.5 Å². The maximum atomic E-state index is 11.7. The van der Waals surface area contributed by atoms with Crippen LogP contribution in [0, 0.1) is 0 Å². The molecule has 1 amide bonds. The molecule has 0 unspecified atom stereocenters. The molecule has 0 aliphatic heterocycles. The first-order valence-electron chi connectivity index (χ1n) is 5.37. The van der Waals surface area contributed by atoms with E-state index in [1.165, 1.54) is 17.0 Å². The Morgan fingerprint density at radius 1 is 1.56 bits per heavy atom.